The van der Waals surface area contributed by atoms with Crippen molar-refractivity contribution in [3.8, 4) is 0 Å². The average molecular weight is 351 g/mol. The van der Waals surface area contributed by atoms with Crippen LogP contribution in [0.15, 0.2) is 24.3 Å². The minimum Gasteiger partial charge on any atom is -0.351 e. The number of benzene rings is 1. The molecule has 0 radical (unpaired) electrons. The smallest absolute Gasteiger partial charge is 0.262 e. The predicted molar refractivity (Wildman–Crippen MR) is 93.3 cm³/mol. The highest BCUT2D eigenvalue weighted by Gasteiger charge is 2.42. The molecule has 3 rings (SSSR count). The van der Waals surface area contributed by atoms with Gasteiger partial charge in [0.05, 0.1) is 12.6 Å². The van der Waals surface area contributed by atoms with Crippen molar-refractivity contribution in [1.29, 1.82) is 0 Å². The molecular formula is C19H27F2N3O. The topological polar surface area (TPSA) is 44.4 Å². The van der Waals surface area contributed by atoms with E-state index >= 15 is 0 Å². The van der Waals surface area contributed by atoms with Gasteiger partial charge in [0.2, 0.25) is 5.91 Å². The number of carbonyl (C=O) groups excluding carboxylic acids is 1. The maximum absolute atomic E-state index is 13.1. The number of nitrogens with zero attached hydrogens (tertiary/aromatic N) is 1. The molecule has 0 spiro atoms. The van der Waals surface area contributed by atoms with Crippen LogP contribution in [0.25, 0.3) is 0 Å². The molecule has 0 aromatic heterocycles. The van der Waals surface area contributed by atoms with Crippen molar-refractivity contribution in [3.63, 3.8) is 0 Å². The lowest BCUT2D eigenvalue weighted by Gasteiger charge is -2.30. The highest BCUT2D eigenvalue weighted by Crippen LogP contribution is 2.25. The van der Waals surface area contributed by atoms with Crippen LogP contribution >= 0.6 is 0 Å². The molecule has 6 heteroatoms. The molecule has 2 atom stereocenters. The molecule has 2 heterocycles. The van der Waals surface area contributed by atoms with Crippen LogP contribution in [0.4, 0.5) is 8.78 Å². The van der Waals surface area contributed by atoms with Crippen LogP contribution in [-0.2, 0) is 17.9 Å². The number of carbonyl (C=O) groups is 1. The van der Waals surface area contributed by atoms with E-state index in [4.69, 9.17) is 0 Å². The summed E-state index contributed by atoms with van der Waals surface area (Å²) in [5.41, 5.74) is 2.25. The lowest BCUT2D eigenvalue weighted by atomic mass is 9.99. The van der Waals surface area contributed by atoms with Gasteiger partial charge in [-0.15, -0.1) is 0 Å². The molecule has 138 valence electrons. The van der Waals surface area contributed by atoms with E-state index in [1.807, 2.05) is 12.1 Å². The quantitative estimate of drug-likeness (QED) is 0.857. The highest BCUT2D eigenvalue weighted by atomic mass is 19.3. The van der Waals surface area contributed by atoms with E-state index in [-0.39, 0.29) is 5.91 Å². The molecule has 2 fully saturated rings. The summed E-state index contributed by atoms with van der Waals surface area (Å²) >= 11 is 0. The molecule has 2 unspecified atom stereocenters. The van der Waals surface area contributed by atoms with E-state index in [9.17, 15) is 13.6 Å². The van der Waals surface area contributed by atoms with Gasteiger partial charge in [-0.05, 0) is 36.4 Å². The van der Waals surface area contributed by atoms with Crippen molar-refractivity contribution in [3.05, 3.63) is 35.4 Å². The second kappa shape index (κ2) is 7.79. The van der Waals surface area contributed by atoms with Gasteiger partial charge in [0.25, 0.3) is 5.92 Å². The monoisotopic (exact) mass is 351 g/mol. The van der Waals surface area contributed by atoms with Gasteiger partial charge in [-0.1, -0.05) is 31.2 Å². The number of hydrogen-bond acceptors (Lipinski definition) is 3. The molecule has 2 aliphatic rings. The third kappa shape index (κ3) is 5.22. The number of alkyl halides is 2. The van der Waals surface area contributed by atoms with E-state index in [1.54, 1.807) is 0 Å². The molecule has 1 aromatic rings. The molecule has 1 aromatic carbocycles. The summed E-state index contributed by atoms with van der Waals surface area (Å²) in [5, 5.41) is 5.31. The lowest BCUT2D eigenvalue weighted by Crippen LogP contribution is -2.40. The Morgan fingerprint density at radius 1 is 1.32 bits per heavy atom. The summed E-state index contributed by atoms with van der Waals surface area (Å²) in [6, 6.07) is 7.38. The first-order valence-corrected chi connectivity index (χ1v) is 9.10. The number of hydrogen-bond donors (Lipinski definition) is 2. The Morgan fingerprint density at radius 3 is 2.68 bits per heavy atom. The van der Waals surface area contributed by atoms with Gasteiger partial charge >= 0.3 is 0 Å². The second-order valence-electron chi connectivity index (χ2n) is 7.51. The second-order valence-corrected chi connectivity index (χ2v) is 7.51. The van der Waals surface area contributed by atoms with Crippen LogP contribution in [0, 0.1) is 5.92 Å². The van der Waals surface area contributed by atoms with Gasteiger partial charge in [-0.2, -0.15) is 0 Å². The SMILES string of the molecule is CC1CCCN(Cc2ccc(CNC(=O)C3CC(F)(F)CN3)cc2)C1. The molecule has 0 bridgehead atoms. The normalized spacial score (nSPS) is 26.5. The van der Waals surface area contributed by atoms with Gasteiger partial charge in [0.15, 0.2) is 0 Å². The largest absolute Gasteiger partial charge is 0.351 e. The van der Waals surface area contributed by atoms with Gasteiger partial charge in [-0.25, -0.2) is 8.78 Å². The van der Waals surface area contributed by atoms with Crippen molar-refractivity contribution in [2.45, 2.75) is 51.2 Å². The van der Waals surface area contributed by atoms with Crippen LogP contribution in [0.2, 0.25) is 0 Å². The van der Waals surface area contributed by atoms with Crippen molar-refractivity contribution in [2.75, 3.05) is 19.6 Å². The summed E-state index contributed by atoms with van der Waals surface area (Å²) in [5.74, 6) is -2.38. The van der Waals surface area contributed by atoms with Gasteiger partial charge in [-0.3, -0.25) is 15.0 Å². The molecule has 25 heavy (non-hydrogen) atoms. The molecule has 4 nitrogen and oxygen atoms in total. The van der Waals surface area contributed by atoms with Crippen LogP contribution < -0.4 is 10.6 Å². The van der Waals surface area contributed by atoms with Crippen molar-refractivity contribution in [2.24, 2.45) is 5.92 Å². The van der Waals surface area contributed by atoms with Crippen LogP contribution in [0.3, 0.4) is 0 Å². The van der Waals surface area contributed by atoms with Crippen molar-refractivity contribution in [1.82, 2.24) is 15.5 Å². The van der Waals surface area contributed by atoms with Gasteiger partial charge in [0.1, 0.15) is 0 Å². The van der Waals surface area contributed by atoms with Gasteiger partial charge < -0.3 is 5.32 Å². The third-order valence-corrected chi connectivity index (χ3v) is 5.06. The zero-order chi connectivity index (χ0) is 17.9. The molecule has 0 saturated carbocycles. The molecular weight excluding hydrogens is 324 g/mol. The van der Waals surface area contributed by atoms with E-state index < -0.39 is 24.9 Å². The van der Waals surface area contributed by atoms with Gasteiger partial charge in [0, 0.05) is 26.1 Å². The fraction of sp³-hybridized carbons (Fsp3) is 0.632. The summed E-state index contributed by atoms with van der Waals surface area (Å²) in [6.07, 6.45) is 2.16. The Bertz CT molecular complexity index is 591. The number of amides is 1. The summed E-state index contributed by atoms with van der Waals surface area (Å²) < 4.78 is 26.3. The highest BCUT2D eigenvalue weighted by molar-refractivity contribution is 5.82. The van der Waals surface area contributed by atoms with E-state index in [1.165, 1.54) is 18.4 Å². The average Bonchev–Trinajstić information content (AvgIpc) is 2.94. The molecule has 1 amide bonds. The first-order valence-electron chi connectivity index (χ1n) is 9.10. The summed E-state index contributed by atoms with van der Waals surface area (Å²) in [4.78, 5) is 14.4. The zero-order valence-electron chi connectivity index (χ0n) is 14.7. The van der Waals surface area contributed by atoms with E-state index in [0.29, 0.717) is 6.54 Å². The lowest BCUT2D eigenvalue weighted by molar-refractivity contribution is -0.123. The Kier molecular flexibility index (Phi) is 5.69. The van der Waals surface area contributed by atoms with Crippen LogP contribution in [0.5, 0.6) is 0 Å². The molecule has 0 aliphatic carbocycles. The van der Waals surface area contributed by atoms with E-state index in [2.05, 4.69) is 34.6 Å². The Balaban J connectivity index is 1.45. The maximum atomic E-state index is 13.1. The fourth-order valence-electron chi connectivity index (χ4n) is 3.66. The Morgan fingerprint density at radius 2 is 2.04 bits per heavy atom. The summed E-state index contributed by atoms with van der Waals surface area (Å²) in [7, 11) is 0. The number of rotatable bonds is 5. The maximum Gasteiger partial charge on any atom is 0.262 e. The standard InChI is InChI=1S/C19H27F2N3O/c1-14-3-2-8-24(11-14)12-16-6-4-15(5-7-16)10-22-18(25)17-9-19(20,21)13-23-17/h4-7,14,17,23H,2-3,8-13H2,1H3,(H,22,25). The number of halogens is 2. The first-order chi connectivity index (χ1) is 11.9. The van der Waals surface area contributed by atoms with Crippen LogP contribution in [-0.4, -0.2) is 42.4 Å². The summed E-state index contributed by atoms with van der Waals surface area (Å²) in [6.45, 7) is 5.50. The fourth-order valence-corrected chi connectivity index (χ4v) is 3.66. The number of likely N-dealkylation sites (tertiary alicyclic amines) is 1. The van der Waals surface area contributed by atoms with Crippen molar-refractivity contribution < 1.29 is 13.6 Å². The molecule has 2 aliphatic heterocycles. The minimum absolute atomic E-state index is 0.358. The molecule has 2 N–H and O–H groups in total. The predicted octanol–water partition coefficient (Wildman–Crippen LogP) is 2.53. The molecule has 2 saturated heterocycles. The van der Waals surface area contributed by atoms with Crippen LogP contribution in [0.1, 0.15) is 37.3 Å². The third-order valence-electron chi connectivity index (χ3n) is 5.06. The van der Waals surface area contributed by atoms with E-state index in [0.717, 1.165) is 31.1 Å². The number of nitrogens with one attached hydrogen (secondary N) is 2. The number of piperidine rings is 1. The first kappa shape index (κ1) is 18.3. The Labute approximate surface area is 148 Å². The van der Waals surface area contributed by atoms with Crippen molar-refractivity contribution >= 4 is 5.91 Å². The zero-order valence-corrected chi connectivity index (χ0v) is 14.7. The Hall–Kier alpha value is -1.53. The minimum atomic E-state index is -2.78.